The number of hydrogen-bond donors (Lipinski definition) is 1. The van der Waals surface area contributed by atoms with Crippen molar-refractivity contribution in [2.75, 3.05) is 13.1 Å². The first-order valence-corrected chi connectivity index (χ1v) is 8.15. The van der Waals surface area contributed by atoms with Gasteiger partial charge >= 0.3 is 0 Å². The number of fused-ring (bicyclic) bond motifs is 1. The zero-order chi connectivity index (χ0) is 14.6. The number of aryl methyl sites for hydroxylation is 1. The molecule has 1 aromatic heterocycles. The van der Waals surface area contributed by atoms with Gasteiger partial charge in [-0.15, -0.1) is 0 Å². The number of aromatic nitrogens is 1. The molecule has 20 heavy (non-hydrogen) atoms. The van der Waals surface area contributed by atoms with Crippen LogP contribution in [0.3, 0.4) is 0 Å². The van der Waals surface area contributed by atoms with Gasteiger partial charge in [-0.2, -0.15) is 0 Å². The van der Waals surface area contributed by atoms with Gasteiger partial charge in [0.25, 0.3) is 0 Å². The van der Waals surface area contributed by atoms with Crippen LogP contribution in [0.25, 0.3) is 0 Å². The molecule has 0 fully saturated rings. The molecule has 1 aromatic rings. The predicted octanol–water partition coefficient (Wildman–Crippen LogP) is 4.16. The van der Waals surface area contributed by atoms with Gasteiger partial charge in [0.05, 0.1) is 0 Å². The average molecular weight is 274 g/mol. The first kappa shape index (κ1) is 15.5. The third kappa shape index (κ3) is 3.82. The van der Waals surface area contributed by atoms with Crippen LogP contribution in [0, 0.1) is 11.3 Å². The number of hydrogen-bond acceptors (Lipinski definition) is 2. The van der Waals surface area contributed by atoms with Crippen molar-refractivity contribution in [3.63, 3.8) is 0 Å². The lowest BCUT2D eigenvalue weighted by Gasteiger charge is -2.38. The largest absolute Gasteiger partial charge is 0.316 e. The maximum Gasteiger partial charge on any atom is 0.0471 e. The third-order valence-corrected chi connectivity index (χ3v) is 4.64. The lowest BCUT2D eigenvalue weighted by atomic mass is 9.68. The van der Waals surface area contributed by atoms with E-state index in [-0.39, 0.29) is 0 Å². The fourth-order valence-corrected chi connectivity index (χ4v) is 3.35. The minimum atomic E-state index is 0.327. The highest BCUT2D eigenvalue weighted by Gasteiger charge is 2.34. The summed E-state index contributed by atoms with van der Waals surface area (Å²) in [6.07, 6.45) is 7.00. The van der Waals surface area contributed by atoms with Crippen molar-refractivity contribution in [1.29, 1.82) is 0 Å². The van der Waals surface area contributed by atoms with Crippen LogP contribution in [-0.4, -0.2) is 18.1 Å². The van der Waals surface area contributed by atoms with E-state index in [1.54, 1.807) is 0 Å². The van der Waals surface area contributed by atoms with Gasteiger partial charge in [0.2, 0.25) is 0 Å². The van der Waals surface area contributed by atoms with E-state index in [0.29, 0.717) is 11.3 Å². The Labute approximate surface area is 124 Å². The monoisotopic (exact) mass is 274 g/mol. The molecular weight excluding hydrogens is 244 g/mol. The highest BCUT2D eigenvalue weighted by atomic mass is 14.9. The molecule has 1 aliphatic carbocycles. The van der Waals surface area contributed by atoms with Crippen molar-refractivity contribution in [2.24, 2.45) is 11.3 Å². The molecule has 1 atom stereocenters. The number of nitrogens with zero attached hydrogens (tertiary/aromatic N) is 1. The average Bonchev–Trinajstić information content (AvgIpc) is 2.43. The topological polar surface area (TPSA) is 24.9 Å². The molecule has 2 rings (SSSR count). The molecule has 0 radical (unpaired) electrons. The first-order chi connectivity index (χ1) is 9.50. The van der Waals surface area contributed by atoms with Crippen molar-refractivity contribution in [1.82, 2.24) is 10.3 Å². The highest BCUT2D eigenvalue weighted by molar-refractivity contribution is 5.27. The predicted molar refractivity (Wildman–Crippen MR) is 86.0 cm³/mol. The van der Waals surface area contributed by atoms with Crippen LogP contribution < -0.4 is 5.32 Å². The second-order valence-electron chi connectivity index (χ2n) is 7.33. The maximum atomic E-state index is 4.70. The molecule has 0 amide bonds. The Kier molecular flexibility index (Phi) is 5.20. The van der Waals surface area contributed by atoms with Gasteiger partial charge in [0.15, 0.2) is 0 Å². The Bertz CT molecular complexity index is 423. The number of rotatable bonds is 6. The molecule has 1 aliphatic rings. The quantitative estimate of drug-likeness (QED) is 0.788. The Hall–Kier alpha value is -0.890. The Morgan fingerprint density at radius 2 is 2.20 bits per heavy atom. The van der Waals surface area contributed by atoms with Gasteiger partial charge in [-0.3, -0.25) is 4.98 Å². The standard InChI is InChI=1S/C18H30N2/c1-14(2)13-19-12-10-18(3,4)16-9-5-7-15-8-6-11-20-17(15)16/h6,8,11,14,16,19H,5,7,9-10,12-13H2,1-4H3. The smallest absolute Gasteiger partial charge is 0.0471 e. The van der Waals surface area contributed by atoms with Crippen molar-refractivity contribution in [2.45, 2.75) is 59.3 Å². The molecular formula is C18H30N2. The summed E-state index contributed by atoms with van der Waals surface area (Å²) in [5.74, 6) is 1.35. The van der Waals surface area contributed by atoms with Crippen molar-refractivity contribution in [3.05, 3.63) is 29.6 Å². The minimum Gasteiger partial charge on any atom is -0.316 e. The molecule has 0 bridgehead atoms. The van der Waals surface area contributed by atoms with E-state index < -0.39 is 0 Å². The Morgan fingerprint density at radius 3 is 2.95 bits per heavy atom. The van der Waals surface area contributed by atoms with Crippen molar-refractivity contribution >= 4 is 0 Å². The van der Waals surface area contributed by atoms with Crippen LogP contribution in [0.2, 0.25) is 0 Å². The van der Waals surface area contributed by atoms with Gasteiger partial charge in [-0.1, -0.05) is 33.8 Å². The van der Waals surface area contributed by atoms with E-state index in [0.717, 1.165) is 19.0 Å². The third-order valence-electron chi connectivity index (χ3n) is 4.64. The molecule has 1 N–H and O–H groups in total. The molecule has 0 spiro atoms. The molecule has 112 valence electrons. The molecule has 1 unspecified atom stereocenters. The van der Waals surface area contributed by atoms with E-state index in [9.17, 15) is 0 Å². The molecule has 0 saturated carbocycles. The van der Waals surface area contributed by atoms with Crippen LogP contribution in [0.1, 0.15) is 64.1 Å². The summed E-state index contributed by atoms with van der Waals surface area (Å²) in [5, 5.41) is 3.58. The molecule has 0 aliphatic heterocycles. The molecule has 0 aromatic carbocycles. The molecule has 2 heteroatoms. The zero-order valence-corrected chi connectivity index (χ0v) is 13.6. The van der Waals surface area contributed by atoms with E-state index in [2.05, 4.69) is 45.1 Å². The minimum absolute atomic E-state index is 0.327. The summed E-state index contributed by atoms with van der Waals surface area (Å²) in [6.45, 7) is 11.6. The number of pyridine rings is 1. The maximum absolute atomic E-state index is 4.70. The van der Waals surface area contributed by atoms with Crippen LogP contribution in [0.4, 0.5) is 0 Å². The van der Waals surface area contributed by atoms with Gasteiger partial charge in [-0.05, 0) is 61.7 Å². The van der Waals surface area contributed by atoms with Crippen molar-refractivity contribution < 1.29 is 0 Å². The zero-order valence-electron chi connectivity index (χ0n) is 13.6. The van der Waals surface area contributed by atoms with Crippen LogP contribution in [0.15, 0.2) is 18.3 Å². The normalized spacial score (nSPS) is 19.1. The Balaban J connectivity index is 1.99. The van der Waals surface area contributed by atoms with Crippen LogP contribution in [0.5, 0.6) is 0 Å². The van der Waals surface area contributed by atoms with E-state index >= 15 is 0 Å². The van der Waals surface area contributed by atoms with Gasteiger partial charge in [0.1, 0.15) is 0 Å². The van der Waals surface area contributed by atoms with E-state index in [4.69, 9.17) is 4.98 Å². The summed E-state index contributed by atoms with van der Waals surface area (Å²) >= 11 is 0. The van der Waals surface area contributed by atoms with Gasteiger partial charge < -0.3 is 5.32 Å². The molecule has 0 saturated heterocycles. The molecule has 2 nitrogen and oxygen atoms in total. The SMILES string of the molecule is CC(C)CNCCC(C)(C)C1CCCc2cccnc21. The van der Waals surface area contributed by atoms with Crippen LogP contribution in [-0.2, 0) is 6.42 Å². The highest BCUT2D eigenvalue weighted by Crippen LogP contribution is 2.44. The number of nitrogens with one attached hydrogen (secondary N) is 1. The summed E-state index contributed by atoms with van der Waals surface area (Å²) in [7, 11) is 0. The summed E-state index contributed by atoms with van der Waals surface area (Å²) < 4.78 is 0. The molecule has 1 heterocycles. The Morgan fingerprint density at radius 1 is 1.40 bits per heavy atom. The summed E-state index contributed by atoms with van der Waals surface area (Å²) in [6, 6.07) is 4.35. The van der Waals surface area contributed by atoms with Crippen molar-refractivity contribution in [3.8, 4) is 0 Å². The summed E-state index contributed by atoms with van der Waals surface area (Å²) in [5.41, 5.74) is 3.17. The fourth-order valence-electron chi connectivity index (χ4n) is 3.35. The van der Waals surface area contributed by atoms with Gasteiger partial charge in [-0.25, -0.2) is 0 Å². The van der Waals surface area contributed by atoms with E-state index in [1.165, 1.54) is 36.9 Å². The fraction of sp³-hybridized carbons (Fsp3) is 0.722. The lowest BCUT2D eigenvalue weighted by Crippen LogP contribution is -2.31. The van der Waals surface area contributed by atoms with E-state index in [1.807, 2.05) is 6.20 Å². The van der Waals surface area contributed by atoms with Gasteiger partial charge in [0, 0.05) is 17.8 Å². The van der Waals surface area contributed by atoms with Crippen LogP contribution >= 0.6 is 0 Å². The second kappa shape index (κ2) is 6.71. The lowest BCUT2D eigenvalue weighted by molar-refractivity contribution is 0.231. The second-order valence-corrected chi connectivity index (χ2v) is 7.33. The first-order valence-electron chi connectivity index (χ1n) is 8.15. The summed E-state index contributed by atoms with van der Waals surface area (Å²) in [4.78, 5) is 4.70.